The van der Waals surface area contributed by atoms with Crippen molar-refractivity contribution in [3.63, 3.8) is 0 Å². The highest BCUT2D eigenvalue weighted by molar-refractivity contribution is 6.11. The van der Waals surface area contributed by atoms with Gasteiger partial charge in [-0.1, -0.05) is 48.5 Å². The Bertz CT molecular complexity index is 894. The molecule has 110 valence electrons. The van der Waals surface area contributed by atoms with Crippen LogP contribution in [0.1, 0.15) is 12.5 Å². The topological polar surface area (TPSA) is 62.8 Å². The van der Waals surface area contributed by atoms with Crippen molar-refractivity contribution in [2.24, 2.45) is 15.8 Å². The second-order valence-corrected chi connectivity index (χ2v) is 5.14. The summed E-state index contributed by atoms with van der Waals surface area (Å²) in [6.07, 6.45) is 0. The van der Waals surface area contributed by atoms with Gasteiger partial charge in [-0.15, -0.1) is 0 Å². The van der Waals surface area contributed by atoms with Crippen LogP contribution in [0.15, 0.2) is 64.7 Å². The van der Waals surface area contributed by atoms with Crippen LogP contribution in [0, 0.1) is 0 Å². The van der Waals surface area contributed by atoms with Gasteiger partial charge in [0.25, 0.3) is 0 Å². The molecule has 0 saturated carbocycles. The molecule has 0 fully saturated rings. The van der Waals surface area contributed by atoms with Crippen molar-refractivity contribution in [1.82, 2.24) is 5.43 Å². The van der Waals surface area contributed by atoms with Crippen molar-refractivity contribution >= 4 is 33.2 Å². The van der Waals surface area contributed by atoms with Crippen molar-refractivity contribution in [2.45, 2.75) is 6.92 Å². The van der Waals surface area contributed by atoms with E-state index in [2.05, 4.69) is 70.1 Å². The predicted octanol–water partition coefficient (Wildman–Crippen LogP) is 3.25. The van der Waals surface area contributed by atoms with E-state index in [0.717, 1.165) is 11.3 Å². The second kappa shape index (κ2) is 5.85. The lowest BCUT2D eigenvalue weighted by Gasteiger charge is -2.07. The summed E-state index contributed by atoms with van der Waals surface area (Å²) in [6, 6.07) is 19.0. The first-order valence-electron chi connectivity index (χ1n) is 7.13. The first-order valence-corrected chi connectivity index (χ1v) is 7.13. The molecule has 0 bridgehead atoms. The summed E-state index contributed by atoms with van der Waals surface area (Å²) in [7, 11) is 1.62. The number of hydrazone groups is 1. The lowest BCUT2D eigenvalue weighted by molar-refractivity contribution is 0.997. The van der Waals surface area contributed by atoms with E-state index in [4.69, 9.17) is 5.73 Å². The molecule has 0 aliphatic rings. The SMILES string of the molecule is CN=C(N)NN=C(C)c1ccc2ccc3ccccc3c2c1. The van der Waals surface area contributed by atoms with Crippen LogP contribution in [0.2, 0.25) is 0 Å². The molecule has 0 aliphatic carbocycles. The quantitative estimate of drug-likeness (QED) is 0.329. The van der Waals surface area contributed by atoms with Crippen LogP contribution < -0.4 is 11.2 Å². The number of hydrogen-bond acceptors (Lipinski definition) is 2. The van der Waals surface area contributed by atoms with Gasteiger partial charge in [0.05, 0.1) is 5.71 Å². The molecule has 0 heterocycles. The van der Waals surface area contributed by atoms with Gasteiger partial charge in [-0.25, -0.2) is 5.43 Å². The molecule has 0 saturated heterocycles. The van der Waals surface area contributed by atoms with Crippen LogP contribution >= 0.6 is 0 Å². The second-order valence-electron chi connectivity index (χ2n) is 5.14. The van der Waals surface area contributed by atoms with Gasteiger partial charge in [0.1, 0.15) is 0 Å². The normalized spacial score (nSPS) is 12.8. The van der Waals surface area contributed by atoms with Crippen molar-refractivity contribution in [3.8, 4) is 0 Å². The third-order valence-electron chi connectivity index (χ3n) is 3.74. The van der Waals surface area contributed by atoms with Crippen LogP contribution in [-0.2, 0) is 0 Å². The monoisotopic (exact) mass is 290 g/mol. The number of nitrogens with zero attached hydrogens (tertiary/aromatic N) is 2. The molecule has 3 aromatic rings. The van der Waals surface area contributed by atoms with Gasteiger partial charge in [-0.2, -0.15) is 5.10 Å². The highest BCUT2D eigenvalue weighted by atomic mass is 15.4. The Kier molecular flexibility index (Phi) is 3.74. The molecular weight excluding hydrogens is 272 g/mol. The maximum absolute atomic E-state index is 5.60. The Hall–Kier alpha value is -2.88. The minimum absolute atomic E-state index is 0.297. The fraction of sp³-hybridized carbons (Fsp3) is 0.111. The smallest absolute Gasteiger partial charge is 0.209 e. The minimum atomic E-state index is 0.297. The molecule has 0 amide bonds. The standard InChI is InChI=1S/C18H18N4/c1-12(21-22-18(19)20-2)15-10-9-14-8-7-13-5-3-4-6-16(13)17(14)11-15/h3-11H,1-2H3,(H3,19,20,22). The number of aliphatic imine (C=N–C) groups is 1. The first kappa shape index (κ1) is 14.1. The fourth-order valence-corrected chi connectivity index (χ4v) is 2.48. The van der Waals surface area contributed by atoms with Gasteiger partial charge in [0.15, 0.2) is 0 Å². The van der Waals surface area contributed by atoms with Crippen molar-refractivity contribution in [2.75, 3.05) is 7.05 Å². The Labute approximate surface area is 129 Å². The Morgan fingerprint density at radius 2 is 1.64 bits per heavy atom. The van der Waals surface area contributed by atoms with Gasteiger partial charge in [0, 0.05) is 7.05 Å². The lowest BCUT2D eigenvalue weighted by Crippen LogP contribution is -2.27. The zero-order valence-electron chi connectivity index (χ0n) is 12.7. The average molecular weight is 290 g/mol. The van der Waals surface area contributed by atoms with Gasteiger partial charge in [-0.3, -0.25) is 4.99 Å². The summed E-state index contributed by atoms with van der Waals surface area (Å²) in [5.74, 6) is 0.297. The van der Waals surface area contributed by atoms with E-state index in [9.17, 15) is 0 Å². The number of nitrogens with two attached hydrogens (primary N) is 1. The molecule has 3 N–H and O–H groups in total. The lowest BCUT2D eigenvalue weighted by atomic mass is 9.99. The molecule has 3 aromatic carbocycles. The van der Waals surface area contributed by atoms with E-state index in [1.54, 1.807) is 7.05 Å². The van der Waals surface area contributed by atoms with E-state index < -0.39 is 0 Å². The fourth-order valence-electron chi connectivity index (χ4n) is 2.48. The number of fused-ring (bicyclic) bond motifs is 3. The molecule has 0 aromatic heterocycles. The van der Waals surface area contributed by atoms with Gasteiger partial charge >= 0.3 is 0 Å². The van der Waals surface area contributed by atoms with Crippen LogP contribution in [-0.4, -0.2) is 18.7 Å². The van der Waals surface area contributed by atoms with E-state index >= 15 is 0 Å². The Morgan fingerprint density at radius 3 is 2.41 bits per heavy atom. The summed E-state index contributed by atoms with van der Waals surface area (Å²) < 4.78 is 0. The van der Waals surface area contributed by atoms with E-state index in [0.29, 0.717) is 5.96 Å². The molecule has 0 spiro atoms. The summed E-state index contributed by atoms with van der Waals surface area (Å²) in [5.41, 5.74) is 10.2. The number of guanidine groups is 1. The van der Waals surface area contributed by atoms with Gasteiger partial charge < -0.3 is 5.73 Å². The summed E-state index contributed by atoms with van der Waals surface area (Å²) in [5, 5.41) is 9.19. The summed E-state index contributed by atoms with van der Waals surface area (Å²) in [4.78, 5) is 3.82. The van der Waals surface area contributed by atoms with Gasteiger partial charge in [0.2, 0.25) is 5.96 Å². The number of nitrogens with one attached hydrogen (secondary N) is 1. The molecule has 22 heavy (non-hydrogen) atoms. The molecule has 0 unspecified atom stereocenters. The molecule has 0 atom stereocenters. The van der Waals surface area contributed by atoms with Crippen molar-refractivity contribution in [1.29, 1.82) is 0 Å². The molecule has 3 rings (SSSR count). The predicted molar refractivity (Wildman–Crippen MR) is 94.3 cm³/mol. The maximum Gasteiger partial charge on any atom is 0.209 e. The highest BCUT2D eigenvalue weighted by Gasteiger charge is 2.04. The summed E-state index contributed by atoms with van der Waals surface area (Å²) in [6.45, 7) is 1.95. The number of rotatable bonds is 2. The Balaban J connectivity index is 2.10. The average Bonchev–Trinajstić information content (AvgIpc) is 2.58. The van der Waals surface area contributed by atoms with Crippen LogP contribution in [0.25, 0.3) is 21.5 Å². The molecule has 0 radical (unpaired) electrons. The van der Waals surface area contributed by atoms with Crippen molar-refractivity contribution in [3.05, 3.63) is 60.2 Å². The van der Waals surface area contributed by atoms with Crippen LogP contribution in [0.3, 0.4) is 0 Å². The number of hydrogen-bond donors (Lipinski definition) is 2. The van der Waals surface area contributed by atoms with Crippen LogP contribution in [0.4, 0.5) is 0 Å². The number of benzene rings is 3. The zero-order valence-corrected chi connectivity index (χ0v) is 12.7. The third-order valence-corrected chi connectivity index (χ3v) is 3.74. The zero-order chi connectivity index (χ0) is 15.5. The molecular formula is C18H18N4. The van der Waals surface area contributed by atoms with E-state index in [1.807, 2.05) is 6.92 Å². The maximum atomic E-state index is 5.60. The third kappa shape index (κ3) is 2.63. The van der Waals surface area contributed by atoms with Crippen LogP contribution in [0.5, 0.6) is 0 Å². The molecule has 0 aliphatic heterocycles. The largest absolute Gasteiger partial charge is 0.369 e. The first-order chi connectivity index (χ1) is 10.7. The Morgan fingerprint density at radius 1 is 0.955 bits per heavy atom. The highest BCUT2D eigenvalue weighted by Crippen LogP contribution is 2.26. The van der Waals surface area contributed by atoms with Gasteiger partial charge in [-0.05, 0) is 40.1 Å². The van der Waals surface area contributed by atoms with E-state index in [1.165, 1.54) is 21.5 Å². The van der Waals surface area contributed by atoms with E-state index in [-0.39, 0.29) is 0 Å². The molecule has 4 heteroatoms. The minimum Gasteiger partial charge on any atom is -0.369 e. The van der Waals surface area contributed by atoms with Crippen molar-refractivity contribution < 1.29 is 0 Å². The molecule has 4 nitrogen and oxygen atoms in total. The summed E-state index contributed by atoms with van der Waals surface area (Å²) >= 11 is 0.